The van der Waals surface area contributed by atoms with Crippen LogP contribution >= 0.6 is 0 Å². The third kappa shape index (κ3) is 7.01. The third-order valence-corrected chi connectivity index (χ3v) is 8.17. The fraction of sp³-hybridized carbons (Fsp3) is 0.333. The number of rotatable bonds is 11. The first-order valence-electron chi connectivity index (χ1n) is 12.9. The lowest BCUT2D eigenvalue weighted by molar-refractivity contribution is -0.140. The number of amides is 2. The summed E-state index contributed by atoms with van der Waals surface area (Å²) in [4.78, 5) is 28.5. The van der Waals surface area contributed by atoms with Gasteiger partial charge in [-0.2, -0.15) is 0 Å². The van der Waals surface area contributed by atoms with E-state index >= 15 is 0 Å². The molecule has 0 bridgehead atoms. The van der Waals surface area contributed by atoms with Gasteiger partial charge in [0, 0.05) is 13.1 Å². The van der Waals surface area contributed by atoms with E-state index in [1.165, 1.54) is 4.90 Å². The predicted octanol–water partition coefficient (Wildman–Crippen LogP) is 4.75. The standard InChI is InChI=1S/C30H37N3O4S/c1-6-28(30(35)31-7-2)32(20-25-10-8-9-24(5)19-25)29(34)21-33(26-15-11-22(3)12-16-26)38(36,37)27-17-13-23(4)14-18-27/h8-19,28H,6-7,20-21H2,1-5H3,(H,31,35)/t28-/m0/s1. The molecule has 7 nitrogen and oxygen atoms in total. The Morgan fingerprint density at radius 2 is 1.45 bits per heavy atom. The molecule has 0 saturated carbocycles. The van der Waals surface area contributed by atoms with Crippen LogP contribution in [0.15, 0.2) is 77.7 Å². The molecule has 0 fully saturated rings. The largest absolute Gasteiger partial charge is 0.355 e. The summed E-state index contributed by atoms with van der Waals surface area (Å²) in [5.41, 5.74) is 4.18. The van der Waals surface area contributed by atoms with Gasteiger partial charge in [0.2, 0.25) is 11.8 Å². The molecule has 38 heavy (non-hydrogen) atoms. The number of hydrogen-bond acceptors (Lipinski definition) is 4. The third-order valence-electron chi connectivity index (χ3n) is 6.38. The van der Waals surface area contributed by atoms with Crippen molar-refractivity contribution in [2.75, 3.05) is 17.4 Å². The van der Waals surface area contributed by atoms with Crippen LogP contribution in [0, 0.1) is 20.8 Å². The van der Waals surface area contributed by atoms with Crippen molar-refractivity contribution in [1.82, 2.24) is 10.2 Å². The van der Waals surface area contributed by atoms with E-state index < -0.39 is 28.5 Å². The first kappa shape index (κ1) is 28.9. The molecule has 1 atom stereocenters. The Morgan fingerprint density at radius 3 is 2.00 bits per heavy atom. The first-order valence-corrected chi connectivity index (χ1v) is 14.3. The lowest BCUT2D eigenvalue weighted by atomic mass is 10.1. The minimum absolute atomic E-state index is 0.0949. The van der Waals surface area contributed by atoms with Crippen LogP contribution in [0.4, 0.5) is 5.69 Å². The van der Waals surface area contributed by atoms with Crippen LogP contribution in [0.5, 0.6) is 0 Å². The molecule has 0 heterocycles. The number of nitrogens with one attached hydrogen (secondary N) is 1. The molecule has 2 amide bonds. The van der Waals surface area contributed by atoms with E-state index in [0.717, 1.165) is 26.6 Å². The summed E-state index contributed by atoms with van der Waals surface area (Å²) in [7, 11) is -4.07. The highest BCUT2D eigenvalue weighted by molar-refractivity contribution is 7.92. The van der Waals surface area contributed by atoms with E-state index in [2.05, 4.69) is 5.32 Å². The molecule has 0 aliphatic rings. The quantitative estimate of drug-likeness (QED) is 0.384. The second kappa shape index (κ2) is 12.7. The molecule has 0 unspecified atom stereocenters. The van der Waals surface area contributed by atoms with Crippen LogP contribution in [0.2, 0.25) is 0 Å². The van der Waals surface area contributed by atoms with Crippen molar-refractivity contribution in [3.8, 4) is 0 Å². The SMILES string of the molecule is CCNC(=O)[C@H](CC)N(Cc1cccc(C)c1)C(=O)CN(c1ccc(C)cc1)S(=O)(=O)c1ccc(C)cc1. The van der Waals surface area contributed by atoms with Gasteiger partial charge in [0.25, 0.3) is 10.0 Å². The zero-order valence-corrected chi connectivity index (χ0v) is 23.6. The second-order valence-electron chi connectivity index (χ2n) is 9.49. The molecular formula is C30H37N3O4S. The molecule has 3 aromatic carbocycles. The van der Waals surface area contributed by atoms with Crippen molar-refractivity contribution in [3.63, 3.8) is 0 Å². The highest BCUT2D eigenvalue weighted by Crippen LogP contribution is 2.25. The molecule has 0 radical (unpaired) electrons. The molecule has 8 heteroatoms. The smallest absolute Gasteiger partial charge is 0.264 e. The molecular weight excluding hydrogens is 498 g/mol. The van der Waals surface area contributed by atoms with Crippen LogP contribution in [0.1, 0.15) is 42.5 Å². The van der Waals surface area contributed by atoms with E-state index in [-0.39, 0.29) is 17.3 Å². The minimum atomic E-state index is -4.07. The average molecular weight is 536 g/mol. The molecule has 0 aromatic heterocycles. The van der Waals surface area contributed by atoms with Gasteiger partial charge in [-0.3, -0.25) is 13.9 Å². The second-order valence-corrected chi connectivity index (χ2v) is 11.4. The highest BCUT2D eigenvalue weighted by atomic mass is 32.2. The van der Waals surface area contributed by atoms with Crippen molar-refractivity contribution >= 4 is 27.5 Å². The van der Waals surface area contributed by atoms with Crippen molar-refractivity contribution in [1.29, 1.82) is 0 Å². The fourth-order valence-corrected chi connectivity index (χ4v) is 5.71. The van der Waals surface area contributed by atoms with E-state index in [1.807, 2.05) is 71.0 Å². The normalized spacial score (nSPS) is 12.0. The number of nitrogens with zero attached hydrogens (tertiary/aromatic N) is 2. The van der Waals surface area contributed by atoms with Gasteiger partial charge in [-0.05, 0) is 63.9 Å². The van der Waals surface area contributed by atoms with E-state index in [1.54, 1.807) is 36.4 Å². The summed E-state index contributed by atoms with van der Waals surface area (Å²) >= 11 is 0. The molecule has 0 aliphatic heterocycles. The number of carbonyl (C=O) groups excluding carboxylic acids is 2. The van der Waals surface area contributed by atoms with Gasteiger partial charge in [0.05, 0.1) is 10.6 Å². The number of likely N-dealkylation sites (N-methyl/N-ethyl adjacent to an activating group) is 1. The molecule has 0 saturated heterocycles. The molecule has 202 valence electrons. The van der Waals surface area contributed by atoms with Gasteiger partial charge >= 0.3 is 0 Å². The molecule has 0 aliphatic carbocycles. The van der Waals surface area contributed by atoms with E-state index in [9.17, 15) is 18.0 Å². The number of hydrogen-bond donors (Lipinski definition) is 1. The Labute approximate surface area is 226 Å². The van der Waals surface area contributed by atoms with Crippen molar-refractivity contribution in [2.24, 2.45) is 0 Å². The lowest BCUT2D eigenvalue weighted by Gasteiger charge is -2.33. The van der Waals surface area contributed by atoms with Gasteiger partial charge < -0.3 is 10.2 Å². The first-order chi connectivity index (χ1) is 18.1. The van der Waals surface area contributed by atoms with E-state index in [4.69, 9.17) is 0 Å². The maximum absolute atomic E-state index is 14.0. The van der Waals surface area contributed by atoms with Crippen molar-refractivity contribution in [3.05, 3.63) is 95.1 Å². The summed E-state index contributed by atoms with van der Waals surface area (Å²) in [6.45, 7) is 9.59. The molecule has 0 spiro atoms. The number of carbonyl (C=O) groups is 2. The number of benzene rings is 3. The van der Waals surface area contributed by atoms with Crippen LogP contribution in [0.25, 0.3) is 0 Å². The summed E-state index contributed by atoms with van der Waals surface area (Å²) in [5.74, 6) is -0.722. The number of sulfonamides is 1. The lowest BCUT2D eigenvalue weighted by Crippen LogP contribution is -2.52. The molecule has 1 N–H and O–H groups in total. The van der Waals surface area contributed by atoms with Gasteiger partial charge in [-0.15, -0.1) is 0 Å². The zero-order valence-electron chi connectivity index (χ0n) is 22.8. The summed E-state index contributed by atoms with van der Waals surface area (Å²) < 4.78 is 28.8. The summed E-state index contributed by atoms with van der Waals surface area (Å²) in [5, 5.41) is 2.82. The van der Waals surface area contributed by atoms with Gasteiger partial charge in [-0.1, -0.05) is 72.1 Å². The van der Waals surface area contributed by atoms with Gasteiger partial charge in [0.1, 0.15) is 12.6 Å². The number of aryl methyl sites for hydroxylation is 3. The van der Waals surface area contributed by atoms with Crippen LogP contribution in [-0.4, -0.2) is 44.3 Å². The summed E-state index contributed by atoms with van der Waals surface area (Å²) in [6, 6.07) is 20.6. The topological polar surface area (TPSA) is 86.8 Å². The Kier molecular flexibility index (Phi) is 9.69. The average Bonchev–Trinajstić information content (AvgIpc) is 2.88. The Hall–Kier alpha value is -3.65. The number of anilines is 1. The minimum Gasteiger partial charge on any atom is -0.355 e. The predicted molar refractivity (Wildman–Crippen MR) is 151 cm³/mol. The Morgan fingerprint density at radius 1 is 0.842 bits per heavy atom. The Balaban J connectivity index is 2.05. The van der Waals surface area contributed by atoms with Crippen molar-refractivity contribution < 1.29 is 18.0 Å². The Bertz CT molecular complexity index is 1350. The van der Waals surface area contributed by atoms with Gasteiger partial charge in [0.15, 0.2) is 0 Å². The van der Waals surface area contributed by atoms with Crippen LogP contribution in [0.3, 0.4) is 0 Å². The fourth-order valence-electron chi connectivity index (χ4n) is 4.30. The highest BCUT2D eigenvalue weighted by Gasteiger charge is 2.33. The summed E-state index contributed by atoms with van der Waals surface area (Å²) in [6.07, 6.45) is 0.388. The monoisotopic (exact) mass is 535 g/mol. The molecule has 3 aromatic rings. The maximum Gasteiger partial charge on any atom is 0.264 e. The van der Waals surface area contributed by atoms with Gasteiger partial charge in [-0.25, -0.2) is 8.42 Å². The maximum atomic E-state index is 14.0. The zero-order chi connectivity index (χ0) is 27.9. The van der Waals surface area contributed by atoms with Crippen LogP contribution < -0.4 is 9.62 Å². The van der Waals surface area contributed by atoms with Crippen molar-refractivity contribution in [2.45, 2.75) is 58.5 Å². The molecule has 3 rings (SSSR count). The van der Waals surface area contributed by atoms with Crippen LogP contribution in [-0.2, 0) is 26.2 Å². The van der Waals surface area contributed by atoms with E-state index in [0.29, 0.717) is 18.7 Å².